The molecule has 32 heavy (non-hydrogen) atoms. The number of H-pyrrole nitrogens is 1. The van der Waals surface area contributed by atoms with Crippen LogP contribution >= 0.6 is 0 Å². The number of pyridine rings is 2. The minimum absolute atomic E-state index is 0.611. The number of methoxy groups -OCH3 is 1. The molecule has 4 heterocycles. The first-order valence-corrected chi connectivity index (χ1v) is 10.5. The van der Waals surface area contributed by atoms with Crippen LogP contribution in [0.1, 0.15) is 5.56 Å². The number of carbonyl (C=O) groups is 1. The number of nitrogens with one attached hydrogen (secondary N) is 1. The molecule has 7 nitrogen and oxygen atoms in total. The minimum Gasteiger partial charge on any atom is -0.481 e. The van der Waals surface area contributed by atoms with Gasteiger partial charge in [-0.1, -0.05) is 29.8 Å². The van der Waals surface area contributed by atoms with Crippen molar-refractivity contribution in [2.75, 3.05) is 33.4 Å². The van der Waals surface area contributed by atoms with Crippen LogP contribution in [0.15, 0.2) is 61.1 Å². The SMILES string of the molecule is COc1ncccc1-c1c[nH]c2ncc(-c3cccc(C)c3)cc12.O=CN1CCOCC1. The van der Waals surface area contributed by atoms with Crippen molar-refractivity contribution in [3.63, 3.8) is 0 Å². The van der Waals surface area contributed by atoms with E-state index < -0.39 is 0 Å². The molecular formula is C25H26N4O3. The molecule has 1 saturated heterocycles. The Morgan fingerprint density at radius 2 is 1.91 bits per heavy atom. The fraction of sp³-hybridized carbons (Fsp3) is 0.240. The highest BCUT2D eigenvalue weighted by Crippen LogP contribution is 2.34. The lowest BCUT2D eigenvalue weighted by Crippen LogP contribution is -2.34. The number of fused-ring (bicyclic) bond motifs is 1. The van der Waals surface area contributed by atoms with Crippen LogP contribution in [-0.2, 0) is 9.53 Å². The van der Waals surface area contributed by atoms with Gasteiger partial charge in [0.25, 0.3) is 0 Å². The number of hydrogen-bond acceptors (Lipinski definition) is 5. The predicted octanol–water partition coefficient (Wildman–Crippen LogP) is 4.08. The molecule has 0 saturated carbocycles. The number of amides is 1. The molecule has 1 fully saturated rings. The predicted molar refractivity (Wildman–Crippen MR) is 125 cm³/mol. The van der Waals surface area contributed by atoms with Gasteiger partial charge in [-0.25, -0.2) is 9.97 Å². The molecule has 5 rings (SSSR count). The third kappa shape index (κ3) is 4.78. The van der Waals surface area contributed by atoms with Gasteiger partial charge in [0.15, 0.2) is 0 Å². The normalized spacial score (nSPS) is 13.4. The van der Waals surface area contributed by atoms with Crippen LogP contribution in [0.5, 0.6) is 5.88 Å². The number of hydrogen-bond donors (Lipinski definition) is 1. The van der Waals surface area contributed by atoms with Crippen molar-refractivity contribution < 1.29 is 14.3 Å². The largest absolute Gasteiger partial charge is 0.481 e. The van der Waals surface area contributed by atoms with Gasteiger partial charge in [0.2, 0.25) is 12.3 Å². The van der Waals surface area contributed by atoms with Crippen molar-refractivity contribution in [1.29, 1.82) is 0 Å². The Hall–Kier alpha value is -3.71. The van der Waals surface area contributed by atoms with E-state index in [0.29, 0.717) is 19.1 Å². The zero-order valence-electron chi connectivity index (χ0n) is 18.2. The molecule has 164 valence electrons. The molecule has 1 amide bonds. The number of aromatic nitrogens is 3. The maximum atomic E-state index is 10.0. The van der Waals surface area contributed by atoms with E-state index in [1.807, 2.05) is 24.5 Å². The van der Waals surface area contributed by atoms with Crippen molar-refractivity contribution in [2.24, 2.45) is 0 Å². The first kappa shape index (κ1) is 21.5. The second kappa shape index (κ2) is 10.1. The number of benzene rings is 1. The molecular weight excluding hydrogens is 404 g/mol. The summed E-state index contributed by atoms with van der Waals surface area (Å²) in [6, 6.07) is 14.5. The van der Waals surface area contributed by atoms with Crippen LogP contribution in [0.4, 0.5) is 0 Å². The summed E-state index contributed by atoms with van der Waals surface area (Å²) >= 11 is 0. The second-order valence-corrected chi connectivity index (χ2v) is 7.51. The summed E-state index contributed by atoms with van der Waals surface area (Å²) in [6.45, 7) is 4.99. The number of aromatic amines is 1. The Bertz CT molecular complexity index is 1200. The molecule has 0 unspecified atom stereocenters. The smallest absolute Gasteiger partial charge is 0.221 e. The summed E-state index contributed by atoms with van der Waals surface area (Å²) in [5.41, 5.74) is 6.33. The van der Waals surface area contributed by atoms with Crippen LogP contribution in [0, 0.1) is 6.92 Å². The van der Waals surface area contributed by atoms with Crippen molar-refractivity contribution in [3.05, 3.63) is 66.6 Å². The molecule has 0 atom stereocenters. The van der Waals surface area contributed by atoms with Crippen molar-refractivity contribution >= 4 is 17.4 Å². The fourth-order valence-corrected chi connectivity index (χ4v) is 3.65. The standard InChI is InChI=1S/C20H17N3O.C5H9NO2/c1-13-5-3-6-14(9-13)15-10-17-18(12-23-19(17)22-11-15)16-7-4-8-21-20(16)24-2;7-5-6-1-3-8-4-2-6/h3-12H,1-2H3,(H,22,23);5H,1-4H2. The maximum Gasteiger partial charge on any atom is 0.221 e. The van der Waals surface area contributed by atoms with Gasteiger partial charge in [0, 0.05) is 53.8 Å². The zero-order valence-corrected chi connectivity index (χ0v) is 18.2. The molecule has 4 aromatic rings. The number of ether oxygens (including phenoxy) is 2. The highest BCUT2D eigenvalue weighted by Gasteiger charge is 2.13. The Morgan fingerprint density at radius 3 is 2.62 bits per heavy atom. The zero-order chi connectivity index (χ0) is 22.3. The van der Waals surface area contributed by atoms with E-state index >= 15 is 0 Å². The molecule has 0 aliphatic carbocycles. The molecule has 0 spiro atoms. The van der Waals surface area contributed by atoms with Gasteiger partial charge in [-0.15, -0.1) is 0 Å². The molecule has 1 N–H and O–H groups in total. The molecule has 1 aromatic carbocycles. The molecule has 0 bridgehead atoms. The van der Waals surface area contributed by atoms with E-state index in [2.05, 4.69) is 52.2 Å². The van der Waals surface area contributed by atoms with Crippen molar-refractivity contribution in [1.82, 2.24) is 19.9 Å². The van der Waals surface area contributed by atoms with E-state index in [-0.39, 0.29) is 0 Å². The first-order valence-electron chi connectivity index (χ1n) is 10.5. The maximum absolute atomic E-state index is 10.0. The van der Waals surface area contributed by atoms with E-state index in [1.165, 1.54) is 5.56 Å². The number of aryl methyl sites for hydroxylation is 1. The monoisotopic (exact) mass is 430 g/mol. The van der Waals surface area contributed by atoms with Crippen LogP contribution in [0.25, 0.3) is 33.3 Å². The van der Waals surface area contributed by atoms with Gasteiger partial charge in [-0.3, -0.25) is 4.79 Å². The second-order valence-electron chi connectivity index (χ2n) is 7.51. The third-order valence-corrected chi connectivity index (χ3v) is 5.33. The number of carbonyl (C=O) groups excluding carboxylic acids is 1. The van der Waals surface area contributed by atoms with Gasteiger partial charge < -0.3 is 19.4 Å². The van der Waals surface area contributed by atoms with Crippen LogP contribution in [-0.4, -0.2) is 59.7 Å². The Morgan fingerprint density at radius 1 is 1.06 bits per heavy atom. The van der Waals surface area contributed by atoms with E-state index in [9.17, 15) is 4.79 Å². The third-order valence-electron chi connectivity index (χ3n) is 5.33. The lowest BCUT2D eigenvalue weighted by atomic mass is 10.0. The van der Waals surface area contributed by atoms with Crippen LogP contribution < -0.4 is 4.74 Å². The van der Waals surface area contributed by atoms with Crippen LogP contribution in [0.3, 0.4) is 0 Å². The number of morpholine rings is 1. The average Bonchev–Trinajstić information content (AvgIpc) is 3.28. The fourth-order valence-electron chi connectivity index (χ4n) is 3.65. The quantitative estimate of drug-likeness (QED) is 0.494. The van der Waals surface area contributed by atoms with Crippen molar-refractivity contribution in [2.45, 2.75) is 6.92 Å². The van der Waals surface area contributed by atoms with Gasteiger partial charge in [0.1, 0.15) is 5.65 Å². The highest BCUT2D eigenvalue weighted by atomic mass is 16.5. The molecule has 3 aromatic heterocycles. The Kier molecular flexibility index (Phi) is 6.77. The summed E-state index contributed by atoms with van der Waals surface area (Å²) in [5, 5.41) is 1.06. The summed E-state index contributed by atoms with van der Waals surface area (Å²) in [4.78, 5) is 23.8. The summed E-state index contributed by atoms with van der Waals surface area (Å²) in [6.07, 6.45) is 6.45. The van der Waals surface area contributed by atoms with Crippen molar-refractivity contribution in [3.8, 4) is 28.1 Å². The number of rotatable bonds is 4. The summed E-state index contributed by atoms with van der Waals surface area (Å²) in [5.74, 6) is 0.611. The highest BCUT2D eigenvalue weighted by molar-refractivity contribution is 5.96. The van der Waals surface area contributed by atoms with E-state index in [0.717, 1.165) is 52.8 Å². The van der Waals surface area contributed by atoms with E-state index in [1.54, 1.807) is 18.2 Å². The summed E-state index contributed by atoms with van der Waals surface area (Å²) in [7, 11) is 1.64. The lowest BCUT2D eigenvalue weighted by Gasteiger charge is -2.21. The molecule has 7 heteroatoms. The topological polar surface area (TPSA) is 80.3 Å². The Labute approximate surface area is 187 Å². The lowest BCUT2D eigenvalue weighted by molar-refractivity contribution is -0.121. The molecule has 0 radical (unpaired) electrons. The minimum atomic E-state index is 0.611. The Balaban J connectivity index is 0.000000260. The van der Waals surface area contributed by atoms with Gasteiger partial charge in [0.05, 0.1) is 20.3 Å². The van der Waals surface area contributed by atoms with Gasteiger partial charge >= 0.3 is 0 Å². The van der Waals surface area contributed by atoms with E-state index in [4.69, 9.17) is 9.47 Å². The molecule has 1 aliphatic rings. The first-order chi connectivity index (χ1) is 15.7. The van der Waals surface area contributed by atoms with Crippen LogP contribution in [0.2, 0.25) is 0 Å². The molecule has 1 aliphatic heterocycles. The number of nitrogens with zero attached hydrogens (tertiary/aromatic N) is 3. The van der Waals surface area contributed by atoms with Gasteiger partial charge in [-0.2, -0.15) is 0 Å². The average molecular weight is 431 g/mol. The summed E-state index contributed by atoms with van der Waals surface area (Å²) < 4.78 is 10.4. The van der Waals surface area contributed by atoms with Gasteiger partial charge in [-0.05, 0) is 30.7 Å².